The van der Waals surface area contributed by atoms with Crippen LogP contribution in [-0.4, -0.2) is 23.2 Å². The van der Waals surface area contributed by atoms with Gasteiger partial charge in [0.05, 0.1) is 0 Å². The van der Waals surface area contributed by atoms with Crippen molar-refractivity contribution in [2.24, 2.45) is 11.8 Å². The van der Waals surface area contributed by atoms with Gasteiger partial charge in [-0.05, 0) is 37.6 Å². The van der Waals surface area contributed by atoms with Crippen LogP contribution in [0.3, 0.4) is 0 Å². The smallest absolute Gasteiger partial charge is 0.324 e. The topological polar surface area (TPSA) is 49.3 Å². The molecule has 0 radical (unpaired) electrons. The molecular weight excluding hydrogens is 190 g/mol. The number of carbonyl (C=O) groups is 1. The second-order valence-electron chi connectivity index (χ2n) is 5.06. The van der Waals surface area contributed by atoms with Crippen molar-refractivity contribution < 1.29 is 9.90 Å². The van der Waals surface area contributed by atoms with Crippen LogP contribution in [0.15, 0.2) is 0 Å². The molecule has 0 bridgehead atoms. The molecule has 1 saturated heterocycles. The van der Waals surface area contributed by atoms with Crippen LogP contribution in [0.4, 0.5) is 0 Å². The van der Waals surface area contributed by atoms with Crippen LogP contribution < -0.4 is 5.32 Å². The van der Waals surface area contributed by atoms with Gasteiger partial charge >= 0.3 is 5.97 Å². The quantitative estimate of drug-likeness (QED) is 0.748. The van der Waals surface area contributed by atoms with Gasteiger partial charge in [0.15, 0.2) is 0 Å². The average molecular weight is 211 g/mol. The van der Waals surface area contributed by atoms with E-state index in [1.807, 2.05) is 0 Å². The molecule has 1 aliphatic carbocycles. The molecule has 0 spiro atoms. The lowest BCUT2D eigenvalue weighted by molar-refractivity contribution is -0.146. The molecule has 15 heavy (non-hydrogen) atoms. The Labute approximate surface area is 91.2 Å². The van der Waals surface area contributed by atoms with Gasteiger partial charge in [0.1, 0.15) is 5.54 Å². The van der Waals surface area contributed by atoms with Crippen LogP contribution in [0.2, 0.25) is 0 Å². The summed E-state index contributed by atoms with van der Waals surface area (Å²) >= 11 is 0. The Kier molecular flexibility index (Phi) is 3.01. The third-order valence-corrected chi connectivity index (χ3v) is 4.28. The normalized spacial score (nSPS) is 39.3. The monoisotopic (exact) mass is 211 g/mol. The predicted molar refractivity (Wildman–Crippen MR) is 58.7 cm³/mol. The van der Waals surface area contributed by atoms with Crippen molar-refractivity contribution in [3.63, 3.8) is 0 Å². The standard InChI is InChI=1S/C12H21NO2/c1-2-3-7-12(11(14)15)10-6-4-5-9(10)8-13-12/h9-10,13H,2-8H2,1H3,(H,14,15). The van der Waals surface area contributed by atoms with Gasteiger partial charge < -0.3 is 10.4 Å². The van der Waals surface area contributed by atoms with Crippen molar-refractivity contribution in [3.05, 3.63) is 0 Å². The molecule has 2 fully saturated rings. The van der Waals surface area contributed by atoms with E-state index in [2.05, 4.69) is 12.2 Å². The van der Waals surface area contributed by atoms with Crippen LogP contribution in [0.1, 0.15) is 45.4 Å². The van der Waals surface area contributed by atoms with Crippen molar-refractivity contribution in [1.82, 2.24) is 5.32 Å². The summed E-state index contributed by atoms with van der Waals surface area (Å²) in [5.41, 5.74) is -0.586. The number of carboxylic acids is 1. The molecule has 0 aromatic carbocycles. The van der Waals surface area contributed by atoms with E-state index in [4.69, 9.17) is 0 Å². The predicted octanol–water partition coefficient (Wildman–Crippen LogP) is 2.02. The first-order valence-corrected chi connectivity index (χ1v) is 6.19. The largest absolute Gasteiger partial charge is 0.480 e. The molecule has 3 unspecified atom stereocenters. The third-order valence-electron chi connectivity index (χ3n) is 4.28. The van der Waals surface area contributed by atoms with Gasteiger partial charge in [-0.15, -0.1) is 0 Å². The molecule has 0 aromatic heterocycles. The van der Waals surface area contributed by atoms with Crippen molar-refractivity contribution in [2.75, 3.05) is 6.54 Å². The summed E-state index contributed by atoms with van der Waals surface area (Å²) in [7, 11) is 0. The number of hydrogen-bond acceptors (Lipinski definition) is 2. The second kappa shape index (κ2) is 4.12. The Bertz CT molecular complexity index is 254. The van der Waals surface area contributed by atoms with Gasteiger partial charge in [-0.1, -0.05) is 26.2 Å². The zero-order chi connectivity index (χ0) is 10.9. The van der Waals surface area contributed by atoms with E-state index in [1.165, 1.54) is 12.8 Å². The van der Waals surface area contributed by atoms with Gasteiger partial charge in [-0.2, -0.15) is 0 Å². The average Bonchev–Trinajstić information content (AvgIpc) is 2.76. The number of rotatable bonds is 4. The third kappa shape index (κ3) is 1.67. The number of aliphatic carboxylic acids is 1. The Hall–Kier alpha value is -0.570. The zero-order valence-corrected chi connectivity index (χ0v) is 9.46. The fourth-order valence-electron chi connectivity index (χ4n) is 3.44. The maximum Gasteiger partial charge on any atom is 0.324 e. The first kappa shape index (κ1) is 10.9. The fraction of sp³-hybridized carbons (Fsp3) is 0.917. The molecule has 2 N–H and O–H groups in total. The van der Waals surface area contributed by atoms with Crippen LogP contribution in [0, 0.1) is 11.8 Å². The Balaban J connectivity index is 2.15. The lowest BCUT2D eigenvalue weighted by atomic mass is 9.78. The molecule has 1 heterocycles. The minimum Gasteiger partial charge on any atom is -0.480 e. The van der Waals surface area contributed by atoms with Gasteiger partial charge in [0, 0.05) is 0 Å². The molecule has 1 saturated carbocycles. The van der Waals surface area contributed by atoms with Gasteiger partial charge in [-0.3, -0.25) is 4.79 Å². The maximum absolute atomic E-state index is 11.5. The van der Waals surface area contributed by atoms with Crippen LogP contribution in [-0.2, 0) is 4.79 Å². The molecule has 3 heteroatoms. The van der Waals surface area contributed by atoms with Gasteiger partial charge in [0.25, 0.3) is 0 Å². The Morgan fingerprint density at radius 3 is 3.00 bits per heavy atom. The molecule has 0 amide bonds. The van der Waals surface area contributed by atoms with Crippen molar-refractivity contribution in [2.45, 2.75) is 51.0 Å². The molecular formula is C12H21NO2. The van der Waals surface area contributed by atoms with E-state index < -0.39 is 11.5 Å². The summed E-state index contributed by atoms with van der Waals surface area (Å²) in [5.74, 6) is 0.393. The summed E-state index contributed by atoms with van der Waals surface area (Å²) in [6.45, 7) is 3.04. The summed E-state index contributed by atoms with van der Waals surface area (Å²) < 4.78 is 0. The van der Waals surface area contributed by atoms with E-state index in [0.717, 1.165) is 32.2 Å². The van der Waals surface area contributed by atoms with Gasteiger partial charge in [0.2, 0.25) is 0 Å². The first-order chi connectivity index (χ1) is 7.20. The van der Waals surface area contributed by atoms with Crippen molar-refractivity contribution in [3.8, 4) is 0 Å². The number of hydrogen-bond donors (Lipinski definition) is 2. The van der Waals surface area contributed by atoms with Crippen LogP contribution in [0.25, 0.3) is 0 Å². The molecule has 2 aliphatic rings. The lowest BCUT2D eigenvalue weighted by Crippen LogP contribution is -2.52. The Morgan fingerprint density at radius 1 is 1.53 bits per heavy atom. The minimum atomic E-state index is -0.620. The highest BCUT2D eigenvalue weighted by molar-refractivity contribution is 5.80. The van der Waals surface area contributed by atoms with Gasteiger partial charge in [-0.25, -0.2) is 0 Å². The van der Waals surface area contributed by atoms with E-state index in [9.17, 15) is 9.90 Å². The van der Waals surface area contributed by atoms with Crippen LogP contribution in [0.5, 0.6) is 0 Å². The molecule has 0 aromatic rings. The highest BCUT2D eigenvalue weighted by Crippen LogP contribution is 2.45. The summed E-state index contributed by atoms with van der Waals surface area (Å²) in [6.07, 6.45) is 6.45. The first-order valence-electron chi connectivity index (χ1n) is 6.19. The molecule has 3 nitrogen and oxygen atoms in total. The van der Waals surface area contributed by atoms with Crippen LogP contribution >= 0.6 is 0 Å². The summed E-state index contributed by atoms with van der Waals surface area (Å²) in [5, 5.41) is 12.8. The van der Waals surface area contributed by atoms with E-state index in [0.29, 0.717) is 11.8 Å². The minimum absolute atomic E-state index is 0.390. The molecule has 86 valence electrons. The van der Waals surface area contributed by atoms with Crippen molar-refractivity contribution in [1.29, 1.82) is 0 Å². The second-order valence-corrected chi connectivity index (χ2v) is 5.06. The summed E-state index contributed by atoms with van der Waals surface area (Å²) in [6, 6.07) is 0. The number of nitrogens with one attached hydrogen (secondary N) is 1. The maximum atomic E-state index is 11.5. The highest BCUT2D eigenvalue weighted by atomic mass is 16.4. The molecule has 3 atom stereocenters. The Morgan fingerprint density at radius 2 is 2.33 bits per heavy atom. The van der Waals surface area contributed by atoms with E-state index in [-0.39, 0.29) is 0 Å². The lowest BCUT2D eigenvalue weighted by Gasteiger charge is -2.30. The van der Waals surface area contributed by atoms with E-state index >= 15 is 0 Å². The summed E-state index contributed by atoms with van der Waals surface area (Å²) in [4.78, 5) is 11.5. The SMILES string of the molecule is CCCCC1(C(=O)O)NCC2CCCC21. The number of fused-ring (bicyclic) bond motifs is 1. The molecule has 1 aliphatic heterocycles. The zero-order valence-electron chi connectivity index (χ0n) is 9.46. The fourth-order valence-corrected chi connectivity index (χ4v) is 3.44. The number of unbranched alkanes of at least 4 members (excludes halogenated alkanes) is 1. The van der Waals surface area contributed by atoms with Crippen molar-refractivity contribution >= 4 is 5.97 Å². The van der Waals surface area contributed by atoms with E-state index in [1.54, 1.807) is 0 Å². The molecule has 2 rings (SSSR count). The highest BCUT2D eigenvalue weighted by Gasteiger charge is 2.54. The number of carboxylic acid groups (broad SMARTS) is 1.